The lowest BCUT2D eigenvalue weighted by atomic mass is 10.1. The fourth-order valence-corrected chi connectivity index (χ4v) is 3.36. The molecule has 2 rings (SSSR count). The Kier molecular flexibility index (Phi) is 6.61. The zero-order chi connectivity index (χ0) is 17.7. The smallest absolute Gasteiger partial charge is 0.121 e. The molecule has 2 atom stereocenters. The lowest BCUT2D eigenvalue weighted by Gasteiger charge is -2.22. The molecule has 0 heterocycles. The fourth-order valence-electron chi connectivity index (χ4n) is 2.06. The molecule has 5 heteroatoms. The van der Waals surface area contributed by atoms with E-state index in [2.05, 4.69) is 20.7 Å². The summed E-state index contributed by atoms with van der Waals surface area (Å²) in [6.45, 7) is 8.40. The molecule has 0 aliphatic rings. The molecule has 0 saturated heterocycles. The maximum Gasteiger partial charge on any atom is 0.121 e. The van der Waals surface area contributed by atoms with Gasteiger partial charge in [-0.3, -0.25) is 0 Å². The highest BCUT2D eigenvalue weighted by Gasteiger charge is 2.22. The van der Waals surface area contributed by atoms with Crippen molar-refractivity contribution in [1.82, 2.24) is 4.72 Å². The van der Waals surface area contributed by atoms with Crippen LogP contribution in [0.15, 0.2) is 53.0 Å². The van der Waals surface area contributed by atoms with Crippen LogP contribution >= 0.6 is 15.9 Å². The number of hydrogen-bond acceptors (Lipinski definition) is 2. The molecule has 2 aromatic carbocycles. The minimum Gasteiger partial charge on any atom is -0.489 e. The van der Waals surface area contributed by atoms with E-state index in [1.165, 1.54) is 0 Å². The number of nitrogens with one attached hydrogen (secondary N) is 1. The van der Waals surface area contributed by atoms with Gasteiger partial charge in [0.05, 0.1) is 15.7 Å². The summed E-state index contributed by atoms with van der Waals surface area (Å²) in [4.78, 5) is 0. The summed E-state index contributed by atoms with van der Waals surface area (Å²) in [5.41, 5.74) is 2.16. The molecular formula is C19H24BrNO2S. The topological polar surface area (TPSA) is 38.3 Å². The van der Waals surface area contributed by atoms with Gasteiger partial charge in [-0.15, -0.1) is 0 Å². The van der Waals surface area contributed by atoms with Crippen molar-refractivity contribution in [3.63, 3.8) is 0 Å². The summed E-state index contributed by atoms with van der Waals surface area (Å²) in [5.74, 6) is 0.790. The molecule has 0 unspecified atom stereocenters. The third kappa shape index (κ3) is 5.72. The summed E-state index contributed by atoms with van der Waals surface area (Å²) >= 11 is 3.53. The van der Waals surface area contributed by atoms with Gasteiger partial charge in [-0.25, -0.2) is 8.93 Å². The van der Waals surface area contributed by atoms with Gasteiger partial charge < -0.3 is 4.74 Å². The third-order valence-corrected chi connectivity index (χ3v) is 5.62. The number of halogens is 1. The first-order chi connectivity index (χ1) is 11.3. The lowest BCUT2D eigenvalue weighted by molar-refractivity contribution is 0.305. The Balaban J connectivity index is 2.09. The van der Waals surface area contributed by atoms with Gasteiger partial charge in [0.25, 0.3) is 0 Å². The van der Waals surface area contributed by atoms with Crippen molar-refractivity contribution >= 4 is 26.9 Å². The largest absolute Gasteiger partial charge is 0.489 e. The molecule has 0 bridgehead atoms. The van der Waals surface area contributed by atoms with E-state index in [0.717, 1.165) is 21.3 Å². The summed E-state index contributed by atoms with van der Waals surface area (Å²) in [6.07, 6.45) is 0. The molecule has 0 amide bonds. The maximum atomic E-state index is 12.3. The molecule has 0 fully saturated rings. The average Bonchev–Trinajstić information content (AvgIpc) is 2.52. The third-order valence-electron chi connectivity index (χ3n) is 3.48. The van der Waals surface area contributed by atoms with Crippen LogP contribution in [0.1, 0.15) is 44.9 Å². The molecule has 0 saturated carbocycles. The van der Waals surface area contributed by atoms with E-state index >= 15 is 0 Å². The SMILES string of the molecule is C[C@@H](N[S@@](=O)C(C)(C)C)c1cc(Br)cc(OCc2ccccc2)c1. The van der Waals surface area contributed by atoms with E-state index < -0.39 is 11.0 Å². The van der Waals surface area contributed by atoms with Crippen molar-refractivity contribution < 1.29 is 8.95 Å². The second-order valence-electron chi connectivity index (χ2n) is 6.72. The average molecular weight is 410 g/mol. The number of benzene rings is 2. The molecule has 1 N–H and O–H groups in total. The quantitative estimate of drug-likeness (QED) is 0.716. The summed E-state index contributed by atoms with van der Waals surface area (Å²) in [5, 5.41) is 0. The zero-order valence-corrected chi connectivity index (χ0v) is 16.9. The number of rotatable bonds is 6. The maximum absolute atomic E-state index is 12.3. The van der Waals surface area contributed by atoms with Crippen LogP contribution in [0, 0.1) is 0 Å². The summed E-state index contributed by atoms with van der Waals surface area (Å²) in [7, 11) is -1.12. The molecule has 0 radical (unpaired) electrons. The van der Waals surface area contributed by atoms with Gasteiger partial charge in [-0.05, 0) is 57.0 Å². The normalized spacial score (nSPS) is 14.2. The van der Waals surface area contributed by atoms with E-state index in [-0.39, 0.29) is 10.8 Å². The first kappa shape index (κ1) is 19.2. The van der Waals surface area contributed by atoms with Crippen LogP contribution in [0.5, 0.6) is 5.75 Å². The van der Waals surface area contributed by atoms with Crippen molar-refractivity contribution in [1.29, 1.82) is 0 Å². The van der Waals surface area contributed by atoms with Gasteiger partial charge in [0.2, 0.25) is 0 Å². The summed E-state index contributed by atoms with van der Waals surface area (Å²) < 4.78 is 22.0. The molecular weight excluding hydrogens is 386 g/mol. The van der Waals surface area contributed by atoms with Gasteiger partial charge in [-0.1, -0.05) is 46.3 Å². The van der Waals surface area contributed by atoms with Crippen molar-refractivity contribution in [2.24, 2.45) is 0 Å². The molecule has 2 aromatic rings. The van der Waals surface area contributed by atoms with Gasteiger partial charge in [0, 0.05) is 10.5 Å². The first-order valence-corrected chi connectivity index (χ1v) is 9.85. The number of hydrogen-bond donors (Lipinski definition) is 1. The predicted octanol–water partition coefficient (Wildman–Crippen LogP) is 5.14. The van der Waals surface area contributed by atoms with Gasteiger partial charge >= 0.3 is 0 Å². The van der Waals surface area contributed by atoms with Crippen LogP contribution in [0.2, 0.25) is 0 Å². The van der Waals surface area contributed by atoms with Crippen molar-refractivity contribution in [3.05, 3.63) is 64.1 Å². The Bertz CT molecular complexity index is 698. The molecule has 0 spiro atoms. The highest BCUT2D eigenvalue weighted by Crippen LogP contribution is 2.27. The first-order valence-electron chi connectivity index (χ1n) is 7.91. The van der Waals surface area contributed by atoms with Crippen LogP contribution in [0.25, 0.3) is 0 Å². The van der Waals surface area contributed by atoms with Gasteiger partial charge in [0.1, 0.15) is 12.4 Å². The second-order valence-corrected chi connectivity index (χ2v) is 9.63. The Hall–Kier alpha value is -1.17. The van der Waals surface area contributed by atoms with Crippen LogP contribution in [-0.2, 0) is 17.6 Å². The van der Waals surface area contributed by atoms with Gasteiger partial charge in [0.15, 0.2) is 0 Å². The standard InChI is InChI=1S/C19H24BrNO2S/c1-14(21-24(22)19(2,3)4)16-10-17(20)12-18(11-16)23-13-15-8-6-5-7-9-15/h5-12,14,21H,13H2,1-4H3/t14-,24+/m1/s1. The highest BCUT2D eigenvalue weighted by atomic mass is 79.9. The van der Waals surface area contributed by atoms with Crippen molar-refractivity contribution in [2.45, 2.75) is 45.1 Å². The van der Waals surface area contributed by atoms with E-state index in [9.17, 15) is 4.21 Å². The zero-order valence-electron chi connectivity index (χ0n) is 14.5. The van der Waals surface area contributed by atoms with E-state index in [1.807, 2.05) is 76.2 Å². The number of ether oxygens (including phenoxy) is 1. The monoisotopic (exact) mass is 409 g/mol. The highest BCUT2D eigenvalue weighted by molar-refractivity contribution is 9.10. The molecule has 24 heavy (non-hydrogen) atoms. The minimum atomic E-state index is -1.12. The molecule has 0 aliphatic heterocycles. The Morgan fingerprint density at radius 2 is 1.83 bits per heavy atom. The molecule has 3 nitrogen and oxygen atoms in total. The van der Waals surface area contributed by atoms with Crippen LogP contribution in [0.4, 0.5) is 0 Å². The van der Waals surface area contributed by atoms with Gasteiger partial charge in [-0.2, -0.15) is 0 Å². The van der Waals surface area contributed by atoms with E-state index in [0.29, 0.717) is 6.61 Å². The van der Waals surface area contributed by atoms with Crippen LogP contribution < -0.4 is 9.46 Å². The Labute approximate surface area is 155 Å². The van der Waals surface area contributed by atoms with E-state index in [4.69, 9.17) is 4.74 Å². The molecule has 130 valence electrons. The Morgan fingerprint density at radius 1 is 1.17 bits per heavy atom. The molecule has 0 aliphatic carbocycles. The lowest BCUT2D eigenvalue weighted by Crippen LogP contribution is -2.34. The molecule has 0 aromatic heterocycles. The van der Waals surface area contributed by atoms with Crippen LogP contribution in [-0.4, -0.2) is 8.96 Å². The minimum absolute atomic E-state index is 0.0402. The summed E-state index contributed by atoms with van der Waals surface area (Å²) in [6, 6.07) is 16.0. The van der Waals surface area contributed by atoms with Crippen LogP contribution in [0.3, 0.4) is 0 Å². The van der Waals surface area contributed by atoms with Crippen molar-refractivity contribution in [2.75, 3.05) is 0 Å². The predicted molar refractivity (Wildman–Crippen MR) is 104 cm³/mol. The Morgan fingerprint density at radius 3 is 2.46 bits per heavy atom. The second kappa shape index (κ2) is 8.28. The van der Waals surface area contributed by atoms with Crippen molar-refractivity contribution in [3.8, 4) is 5.75 Å². The van der Waals surface area contributed by atoms with E-state index in [1.54, 1.807) is 0 Å². The fraction of sp³-hybridized carbons (Fsp3) is 0.368.